The third kappa shape index (κ3) is 5.41. The van der Waals surface area contributed by atoms with Crippen LogP contribution in [0.3, 0.4) is 0 Å². The van der Waals surface area contributed by atoms with Crippen LogP contribution in [0.4, 0.5) is 0 Å². The van der Waals surface area contributed by atoms with Gasteiger partial charge in [0.15, 0.2) is 0 Å². The standard InChI is InChI=1S/C45H47BN2O/c1-28(2)36-26-31(30-18-20-32(21-19-30)45(46)24-22-44(5,6)23-25-45)27-37(29(3)4)41(36)48-39-16-9-8-15-38(39)47-43(48)35-14-11-13-34-33-12-7-10-17-40(33)49-42(34)35/h7-21,26-29H,22-25,46H2,1-6H3. The number of hydrogen-bond acceptors (Lipinski definition) is 2. The molecule has 0 aliphatic heterocycles. The Morgan fingerprint density at radius 3 is 2.02 bits per heavy atom. The van der Waals surface area contributed by atoms with Crippen LogP contribution in [-0.2, 0) is 5.31 Å². The molecule has 1 saturated carbocycles. The molecule has 0 radical (unpaired) electrons. The Balaban J connectivity index is 1.31. The summed E-state index contributed by atoms with van der Waals surface area (Å²) in [6, 6.07) is 37.7. The predicted octanol–water partition coefficient (Wildman–Crippen LogP) is 11.9. The third-order valence-corrected chi connectivity index (χ3v) is 11.5. The molecule has 3 nitrogen and oxygen atoms in total. The summed E-state index contributed by atoms with van der Waals surface area (Å²) in [5.74, 6) is 1.51. The van der Waals surface area contributed by atoms with E-state index in [2.05, 4.69) is 151 Å². The molecule has 4 heteroatoms. The van der Waals surface area contributed by atoms with Gasteiger partial charge in [-0.2, -0.15) is 0 Å². The Bertz CT molecular complexity index is 2300. The normalized spacial score (nSPS) is 16.0. The molecule has 2 aromatic heterocycles. The highest BCUT2D eigenvalue weighted by molar-refractivity contribution is 6.16. The summed E-state index contributed by atoms with van der Waals surface area (Å²) in [6.45, 7) is 14.1. The maximum Gasteiger partial charge on any atom is 0.149 e. The molecule has 1 aliphatic carbocycles. The van der Waals surface area contributed by atoms with Crippen LogP contribution < -0.4 is 0 Å². The zero-order chi connectivity index (χ0) is 34.1. The van der Waals surface area contributed by atoms with E-state index in [1.807, 2.05) is 6.07 Å². The lowest BCUT2D eigenvalue weighted by Gasteiger charge is -2.42. The highest BCUT2D eigenvalue weighted by Gasteiger charge is 2.36. The average molecular weight is 643 g/mol. The second-order valence-corrected chi connectivity index (χ2v) is 16.2. The second-order valence-electron chi connectivity index (χ2n) is 16.2. The fraction of sp³-hybridized carbons (Fsp3) is 0.311. The van der Waals surface area contributed by atoms with Crippen LogP contribution in [0.1, 0.15) is 95.8 Å². The number of imidazole rings is 1. The lowest BCUT2D eigenvalue weighted by Crippen LogP contribution is -2.35. The topological polar surface area (TPSA) is 31.0 Å². The van der Waals surface area contributed by atoms with Gasteiger partial charge in [-0.05, 0) is 99.6 Å². The van der Waals surface area contributed by atoms with E-state index in [9.17, 15) is 0 Å². The Hall–Kier alpha value is -4.57. The molecule has 0 unspecified atom stereocenters. The van der Waals surface area contributed by atoms with E-state index in [0.29, 0.717) is 17.3 Å². The van der Waals surface area contributed by atoms with Crippen molar-refractivity contribution in [1.82, 2.24) is 9.55 Å². The predicted molar refractivity (Wildman–Crippen MR) is 210 cm³/mol. The van der Waals surface area contributed by atoms with E-state index in [0.717, 1.165) is 44.4 Å². The smallest absolute Gasteiger partial charge is 0.149 e. The molecule has 49 heavy (non-hydrogen) atoms. The number of nitrogens with zero attached hydrogens (tertiary/aromatic N) is 2. The van der Waals surface area contributed by atoms with Gasteiger partial charge in [-0.3, -0.25) is 4.57 Å². The molecule has 8 rings (SSSR count). The monoisotopic (exact) mass is 642 g/mol. The molecule has 0 atom stereocenters. The summed E-state index contributed by atoms with van der Waals surface area (Å²) < 4.78 is 8.99. The molecular formula is C45H47BN2O. The van der Waals surface area contributed by atoms with Crippen molar-refractivity contribution in [1.29, 1.82) is 0 Å². The van der Waals surface area contributed by atoms with Crippen molar-refractivity contribution < 1.29 is 4.42 Å². The van der Waals surface area contributed by atoms with E-state index in [4.69, 9.17) is 9.40 Å². The highest BCUT2D eigenvalue weighted by Crippen LogP contribution is 2.46. The number of rotatable bonds is 6. The van der Waals surface area contributed by atoms with Gasteiger partial charge in [0, 0.05) is 10.8 Å². The average Bonchev–Trinajstić information content (AvgIpc) is 3.68. The summed E-state index contributed by atoms with van der Waals surface area (Å²) in [7, 11) is 2.47. The van der Waals surface area contributed by atoms with Crippen LogP contribution >= 0.6 is 0 Å². The van der Waals surface area contributed by atoms with Crippen molar-refractivity contribution in [3.63, 3.8) is 0 Å². The van der Waals surface area contributed by atoms with Gasteiger partial charge in [0.1, 0.15) is 24.8 Å². The summed E-state index contributed by atoms with van der Waals surface area (Å²) >= 11 is 0. The van der Waals surface area contributed by atoms with E-state index in [1.165, 1.54) is 59.2 Å². The van der Waals surface area contributed by atoms with E-state index >= 15 is 0 Å². The van der Waals surface area contributed by atoms with E-state index in [-0.39, 0.29) is 5.31 Å². The maximum atomic E-state index is 6.57. The summed E-state index contributed by atoms with van der Waals surface area (Å²) in [5.41, 5.74) is 13.3. The largest absolute Gasteiger partial charge is 0.455 e. The first-order valence-electron chi connectivity index (χ1n) is 18.2. The van der Waals surface area contributed by atoms with Gasteiger partial charge in [-0.1, -0.05) is 121 Å². The summed E-state index contributed by atoms with van der Waals surface area (Å²) in [6.07, 6.45) is 5.09. The van der Waals surface area contributed by atoms with Gasteiger partial charge in [0.2, 0.25) is 0 Å². The van der Waals surface area contributed by atoms with Crippen molar-refractivity contribution in [2.24, 2.45) is 5.41 Å². The highest BCUT2D eigenvalue weighted by atomic mass is 16.3. The molecule has 1 aliphatic rings. The van der Waals surface area contributed by atoms with Crippen molar-refractivity contribution in [3.05, 3.63) is 120 Å². The van der Waals surface area contributed by atoms with Crippen molar-refractivity contribution in [2.75, 3.05) is 0 Å². The fourth-order valence-corrected chi connectivity index (χ4v) is 8.17. The minimum Gasteiger partial charge on any atom is -0.455 e. The van der Waals surface area contributed by atoms with Gasteiger partial charge >= 0.3 is 0 Å². The van der Waals surface area contributed by atoms with Crippen molar-refractivity contribution in [2.45, 2.75) is 84.4 Å². The summed E-state index contributed by atoms with van der Waals surface area (Å²) in [4.78, 5) is 5.33. The number of fused-ring (bicyclic) bond motifs is 4. The zero-order valence-corrected chi connectivity index (χ0v) is 30.1. The van der Waals surface area contributed by atoms with Gasteiger partial charge < -0.3 is 4.42 Å². The molecule has 0 bridgehead atoms. The Kier molecular flexibility index (Phi) is 7.63. The molecule has 0 spiro atoms. The van der Waals surface area contributed by atoms with Crippen LogP contribution in [0.5, 0.6) is 0 Å². The van der Waals surface area contributed by atoms with Crippen LogP contribution in [-0.4, -0.2) is 17.4 Å². The fourth-order valence-electron chi connectivity index (χ4n) is 8.17. The summed E-state index contributed by atoms with van der Waals surface area (Å²) in [5, 5.41) is 2.50. The molecule has 0 amide bonds. The lowest BCUT2D eigenvalue weighted by atomic mass is 9.53. The molecule has 0 N–H and O–H groups in total. The third-order valence-electron chi connectivity index (χ3n) is 11.5. The Morgan fingerprint density at radius 2 is 1.33 bits per heavy atom. The maximum absolute atomic E-state index is 6.57. The van der Waals surface area contributed by atoms with E-state index in [1.54, 1.807) is 0 Å². The van der Waals surface area contributed by atoms with Gasteiger partial charge in [0.05, 0.1) is 22.3 Å². The SMILES string of the molecule is BC1(c2ccc(-c3cc(C(C)C)c(-n4c(-c5cccc6c5oc5ccccc56)nc5ccccc54)c(C(C)C)c3)cc2)CCC(C)(C)CC1. The molecule has 2 heterocycles. The van der Waals surface area contributed by atoms with Crippen LogP contribution in [0.2, 0.25) is 0 Å². The number of furan rings is 1. The van der Waals surface area contributed by atoms with Gasteiger partial charge in [-0.25, -0.2) is 4.98 Å². The first-order valence-corrected chi connectivity index (χ1v) is 18.2. The quantitative estimate of drug-likeness (QED) is 0.169. The van der Waals surface area contributed by atoms with Gasteiger partial charge in [0.25, 0.3) is 0 Å². The van der Waals surface area contributed by atoms with Crippen LogP contribution in [0, 0.1) is 5.41 Å². The molecule has 1 fully saturated rings. The van der Waals surface area contributed by atoms with E-state index < -0.39 is 0 Å². The Morgan fingerprint density at radius 1 is 0.694 bits per heavy atom. The van der Waals surface area contributed by atoms with Crippen LogP contribution in [0.15, 0.2) is 108 Å². The minimum atomic E-state index is 0.256. The first-order chi connectivity index (χ1) is 23.5. The molecule has 246 valence electrons. The van der Waals surface area contributed by atoms with Crippen molar-refractivity contribution in [3.8, 4) is 28.2 Å². The van der Waals surface area contributed by atoms with Gasteiger partial charge in [-0.15, -0.1) is 0 Å². The first kappa shape index (κ1) is 31.7. The molecule has 7 aromatic rings. The number of para-hydroxylation sites is 4. The number of benzene rings is 5. The Labute approximate surface area is 291 Å². The zero-order valence-electron chi connectivity index (χ0n) is 30.1. The van der Waals surface area contributed by atoms with Crippen LogP contribution in [0.25, 0.3) is 61.2 Å². The van der Waals surface area contributed by atoms with Crippen molar-refractivity contribution >= 4 is 40.8 Å². The number of hydrogen-bond donors (Lipinski definition) is 0. The second kappa shape index (κ2) is 11.8. The molecule has 5 aromatic carbocycles. The molecule has 0 saturated heterocycles. The lowest BCUT2D eigenvalue weighted by molar-refractivity contribution is 0.206. The minimum absolute atomic E-state index is 0.256. The molecular weight excluding hydrogens is 595 g/mol. The number of aromatic nitrogens is 2.